The number of nitrogens with one attached hydrogen (secondary N) is 2. The van der Waals surface area contributed by atoms with E-state index in [1.54, 1.807) is 0 Å². The molecule has 9 heteroatoms. The number of likely N-dealkylation sites (N-methyl/N-ethyl adjacent to an activating group) is 1. The van der Waals surface area contributed by atoms with Gasteiger partial charge in [0.25, 0.3) is 0 Å². The second-order valence-electron chi connectivity index (χ2n) is 20.3. The molecule has 0 aromatic carbocycles. The summed E-state index contributed by atoms with van der Waals surface area (Å²) in [5.41, 5.74) is 0. The fourth-order valence-electron chi connectivity index (χ4n) is 9.41. The van der Waals surface area contributed by atoms with Gasteiger partial charge in [-0.2, -0.15) is 0 Å². The van der Waals surface area contributed by atoms with Gasteiger partial charge in [0.1, 0.15) is 12.1 Å². The molecule has 66 heavy (non-hydrogen) atoms. The van der Waals surface area contributed by atoms with Crippen LogP contribution in [0.15, 0.2) is 24.3 Å². The third-order valence-corrected chi connectivity index (χ3v) is 13.8. The Morgan fingerprint density at radius 1 is 0.424 bits per heavy atom. The van der Waals surface area contributed by atoms with Crippen LogP contribution in [-0.4, -0.2) is 96.7 Å². The van der Waals surface area contributed by atoms with Crippen LogP contribution in [0.2, 0.25) is 0 Å². The highest BCUT2D eigenvalue weighted by Gasteiger charge is 2.42. The summed E-state index contributed by atoms with van der Waals surface area (Å²) >= 11 is 0. The number of carbonyl (C=O) groups excluding carboxylic acids is 4. The molecular formula is C57H105N5O4. The van der Waals surface area contributed by atoms with Crippen molar-refractivity contribution < 1.29 is 19.2 Å². The Morgan fingerprint density at radius 2 is 0.727 bits per heavy atom. The van der Waals surface area contributed by atoms with E-state index in [9.17, 15) is 19.2 Å². The number of amides is 4. The van der Waals surface area contributed by atoms with Crippen molar-refractivity contribution in [3.63, 3.8) is 0 Å². The third-order valence-electron chi connectivity index (χ3n) is 13.8. The smallest absolute Gasteiger partial charge is 0.243 e. The van der Waals surface area contributed by atoms with Crippen LogP contribution in [0.3, 0.4) is 0 Å². The molecule has 0 saturated heterocycles. The summed E-state index contributed by atoms with van der Waals surface area (Å²) in [6.07, 6.45) is 48.2. The molecule has 2 N–H and O–H groups in total. The molecule has 0 aliphatic heterocycles. The zero-order valence-corrected chi connectivity index (χ0v) is 43.9. The van der Waals surface area contributed by atoms with Gasteiger partial charge < -0.3 is 25.3 Å². The fourth-order valence-corrected chi connectivity index (χ4v) is 9.41. The van der Waals surface area contributed by atoms with Gasteiger partial charge in [0.15, 0.2) is 0 Å². The Labute approximate surface area is 407 Å². The van der Waals surface area contributed by atoms with Crippen molar-refractivity contribution in [1.82, 2.24) is 25.3 Å². The van der Waals surface area contributed by atoms with E-state index in [1.165, 1.54) is 116 Å². The molecule has 9 nitrogen and oxygen atoms in total. The number of rotatable bonds is 46. The quantitative estimate of drug-likeness (QED) is 0.0468. The summed E-state index contributed by atoms with van der Waals surface area (Å²) in [5, 5.41) is 6.33. The lowest BCUT2D eigenvalue weighted by molar-refractivity contribution is -0.141. The predicted molar refractivity (Wildman–Crippen MR) is 279 cm³/mol. The Morgan fingerprint density at radius 3 is 1.03 bits per heavy atom. The zero-order valence-electron chi connectivity index (χ0n) is 43.9. The average Bonchev–Trinajstić information content (AvgIpc) is 4.26. The Bertz CT molecular complexity index is 1200. The van der Waals surface area contributed by atoms with Gasteiger partial charge in [0.05, 0.1) is 0 Å². The van der Waals surface area contributed by atoms with Gasteiger partial charge in [-0.05, 0) is 122 Å². The van der Waals surface area contributed by atoms with E-state index in [-0.39, 0.29) is 47.5 Å². The molecule has 0 heterocycles. The normalized spacial score (nSPS) is 14.9. The first kappa shape index (κ1) is 59.4. The maximum Gasteiger partial charge on any atom is 0.243 e. The number of nitrogens with zero attached hydrogens (tertiary/aromatic N) is 3. The van der Waals surface area contributed by atoms with Crippen LogP contribution in [0.4, 0.5) is 0 Å². The lowest BCUT2D eigenvalue weighted by Crippen LogP contribution is -2.52. The Kier molecular flexibility index (Phi) is 36.2. The van der Waals surface area contributed by atoms with E-state index < -0.39 is 0 Å². The molecule has 0 aromatic heterocycles. The van der Waals surface area contributed by atoms with Crippen LogP contribution in [-0.2, 0) is 19.2 Å². The van der Waals surface area contributed by atoms with E-state index in [2.05, 4.69) is 67.5 Å². The summed E-state index contributed by atoms with van der Waals surface area (Å²) in [6, 6.07) is -0.759. The second kappa shape index (κ2) is 40.2. The number of unbranched alkanes of at least 4 members (excludes halogenated alkanes) is 22. The second-order valence-corrected chi connectivity index (χ2v) is 20.3. The van der Waals surface area contributed by atoms with E-state index in [4.69, 9.17) is 0 Å². The minimum absolute atomic E-state index is 0.0275. The van der Waals surface area contributed by atoms with Gasteiger partial charge in [-0.25, -0.2) is 0 Å². The molecule has 2 saturated carbocycles. The van der Waals surface area contributed by atoms with Gasteiger partial charge in [-0.15, -0.1) is 0 Å². The van der Waals surface area contributed by atoms with Crippen molar-refractivity contribution in [3.8, 4) is 0 Å². The summed E-state index contributed by atoms with van der Waals surface area (Å²) in [4.78, 5) is 60.3. The highest BCUT2D eigenvalue weighted by Crippen LogP contribution is 2.37. The molecule has 2 atom stereocenters. The van der Waals surface area contributed by atoms with Gasteiger partial charge >= 0.3 is 0 Å². The molecule has 2 rings (SSSR count). The molecule has 2 aliphatic rings. The standard InChI is InChI=1S/C57H105N5O4/c1-6-10-12-14-16-18-20-22-24-26-28-30-32-34-36-38-52(63)61(46-8-3)54(50-40-41-50)56(65)58-44-48-60(5)49-45-59-57(66)55(51-42-43-51)62(47-9-4)53(64)39-37-35-33-31-29-27-25-23-21-19-17-15-13-11-7-2/h22-25,50-51,54-55H,6-21,26-49H2,1-5H3,(H,58,65)(H,59,66)/b24-22-,25-23-. The van der Waals surface area contributed by atoms with Gasteiger partial charge in [-0.1, -0.05) is 155 Å². The van der Waals surface area contributed by atoms with Crippen LogP contribution < -0.4 is 10.6 Å². The van der Waals surface area contributed by atoms with E-state index in [0.29, 0.717) is 52.1 Å². The summed E-state index contributed by atoms with van der Waals surface area (Å²) in [5.74, 6) is 0.703. The van der Waals surface area contributed by atoms with Crippen molar-refractivity contribution in [2.45, 2.75) is 258 Å². The lowest BCUT2D eigenvalue weighted by atomic mass is 10.1. The number of allylic oxidation sites excluding steroid dienone is 4. The zero-order chi connectivity index (χ0) is 47.9. The highest BCUT2D eigenvalue weighted by molar-refractivity contribution is 5.89. The first-order valence-electron chi connectivity index (χ1n) is 28.4. The van der Waals surface area contributed by atoms with Crippen LogP contribution in [0, 0.1) is 11.8 Å². The van der Waals surface area contributed by atoms with Crippen LogP contribution in [0.5, 0.6) is 0 Å². The Balaban J connectivity index is 1.65. The minimum Gasteiger partial charge on any atom is -0.353 e. The van der Waals surface area contributed by atoms with Gasteiger partial charge in [0, 0.05) is 52.1 Å². The van der Waals surface area contributed by atoms with E-state index >= 15 is 0 Å². The summed E-state index contributed by atoms with van der Waals surface area (Å²) < 4.78 is 0. The molecule has 0 aromatic rings. The first-order chi connectivity index (χ1) is 32.3. The van der Waals surface area contributed by atoms with Crippen molar-refractivity contribution in [2.75, 3.05) is 46.3 Å². The molecule has 0 spiro atoms. The molecular weight excluding hydrogens is 819 g/mol. The van der Waals surface area contributed by atoms with Gasteiger partial charge in [0.2, 0.25) is 23.6 Å². The maximum atomic E-state index is 13.6. The van der Waals surface area contributed by atoms with E-state index in [0.717, 1.165) is 89.9 Å². The number of carbonyl (C=O) groups is 4. The maximum absolute atomic E-state index is 13.6. The monoisotopic (exact) mass is 924 g/mol. The van der Waals surface area contributed by atoms with E-state index in [1.807, 2.05) is 16.8 Å². The van der Waals surface area contributed by atoms with Crippen LogP contribution >= 0.6 is 0 Å². The minimum atomic E-state index is -0.379. The summed E-state index contributed by atoms with van der Waals surface area (Å²) in [6.45, 7) is 12.3. The average molecular weight is 924 g/mol. The molecule has 0 bridgehead atoms. The SMILES string of the molecule is CCCCCCCC/C=C\CCCCCCCC(=O)N(CCC)C(C(=O)NCCN(C)CCNC(=O)C(C1CC1)N(CCC)C(=O)CCCCCCC/C=C\CCCCCCCC)C1CC1. The molecule has 382 valence electrons. The first-order valence-corrected chi connectivity index (χ1v) is 28.4. The van der Waals surface area contributed by atoms with Gasteiger partial charge in [-0.3, -0.25) is 19.2 Å². The van der Waals surface area contributed by atoms with Crippen LogP contribution in [0.25, 0.3) is 0 Å². The predicted octanol–water partition coefficient (Wildman–Crippen LogP) is 13.3. The molecule has 2 unspecified atom stereocenters. The lowest BCUT2D eigenvalue weighted by Gasteiger charge is -2.32. The van der Waals surface area contributed by atoms with Crippen LogP contribution in [0.1, 0.15) is 246 Å². The molecule has 2 aliphatic carbocycles. The van der Waals surface area contributed by atoms with Crippen molar-refractivity contribution >= 4 is 23.6 Å². The highest BCUT2D eigenvalue weighted by atomic mass is 16.2. The van der Waals surface area contributed by atoms with Crippen molar-refractivity contribution in [3.05, 3.63) is 24.3 Å². The molecule has 0 radical (unpaired) electrons. The Hall–Kier alpha value is -2.68. The molecule has 2 fully saturated rings. The summed E-state index contributed by atoms with van der Waals surface area (Å²) in [7, 11) is 2.01. The van der Waals surface area contributed by atoms with Crippen molar-refractivity contribution in [2.24, 2.45) is 11.8 Å². The molecule has 4 amide bonds. The topological polar surface area (TPSA) is 102 Å². The number of hydrogen-bond donors (Lipinski definition) is 2. The fraction of sp³-hybridized carbons (Fsp3) is 0.860. The largest absolute Gasteiger partial charge is 0.353 e. The third kappa shape index (κ3) is 29.3. The van der Waals surface area contributed by atoms with Crippen molar-refractivity contribution in [1.29, 1.82) is 0 Å². The number of hydrogen-bond acceptors (Lipinski definition) is 5.